The van der Waals surface area contributed by atoms with E-state index >= 15 is 0 Å². The quantitative estimate of drug-likeness (QED) is 0.100. The second kappa shape index (κ2) is 12.5. The molecule has 3 aromatic carbocycles. The van der Waals surface area contributed by atoms with Gasteiger partial charge >= 0.3 is 16.5 Å². The van der Waals surface area contributed by atoms with Crippen molar-refractivity contribution >= 4 is 0 Å². The van der Waals surface area contributed by atoms with Gasteiger partial charge in [0.05, 0.1) is 58.2 Å². The predicted molar refractivity (Wildman–Crippen MR) is 90.8 cm³/mol. The van der Waals surface area contributed by atoms with E-state index in [4.69, 9.17) is 0 Å². The Balaban J connectivity index is 0.000000446. The topological polar surface area (TPSA) is 0 Å². The fourth-order valence-electron chi connectivity index (χ4n) is 2.19. The zero-order valence-electron chi connectivity index (χ0n) is 16.3. The summed E-state index contributed by atoms with van der Waals surface area (Å²) in [6.07, 6.45) is 0. The molecule has 0 aromatic heterocycles. The van der Waals surface area contributed by atoms with Crippen LogP contribution in [0.4, 0.5) is 43.9 Å². The molecular weight excluding hydrogens is 501 g/mol. The molecule has 0 atom stereocenters. The largest absolute Gasteiger partial charge is 2.00 e. The molecule has 176 valence electrons. The van der Waals surface area contributed by atoms with Crippen LogP contribution in [0.1, 0.15) is 16.7 Å². The molecule has 0 aliphatic heterocycles. The Morgan fingerprint density at radius 1 is 0.406 bits per heavy atom. The van der Waals surface area contributed by atoms with Gasteiger partial charge in [0, 0.05) is 0 Å². The first-order valence-electron chi connectivity index (χ1n) is 8.12. The molecule has 0 unspecified atom stereocenters. The maximum atomic E-state index is 12.0. The molecule has 3 rings (SSSR count). The van der Waals surface area contributed by atoms with Crippen LogP contribution >= 0.6 is 0 Å². The summed E-state index contributed by atoms with van der Waals surface area (Å²) in [6, 6.07) is 8.61. The summed E-state index contributed by atoms with van der Waals surface area (Å²) in [4.78, 5) is 0. The number of rotatable bonds is 0. The molecule has 0 radical (unpaired) electrons. The molecule has 0 nitrogen and oxygen atoms in total. The summed E-state index contributed by atoms with van der Waals surface area (Å²) in [5.74, 6) is -20.1. The number of halogens is 10. The van der Waals surface area contributed by atoms with Crippen LogP contribution in [-0.4, -0.2) is 0 Å². The zero-order chi connectivity index (χ0) is 24.0. The molecule has 0 aliphatic carbocycles. The monoisotopic (exact) mass is 512 g/mol. The molecule has 0 saturated heterocycles. The van der Waals surface area contributed by atoms with Crippen LogP contribution in [0.5, 0.6) is 0 Å². The zero-order valence-corrected chi connectivity index (χ0v) is 17.3. The van der Waals surface area contributed by atoms with Gasteiger partial charge in [0.15, 0.2) is 0 Å². The molecule has 3 aromatic rings. The number of hydrogen-bond acceptors (Lipinski definition) is 0. The third kappa shape index (κ3) is 7.86. The Kier molecular flexibility index (Phi) is 11.5. The maximum absolute atomic E-state index is 12.0. The van der Waals surface area contributed by atoms with Crippen molar-refractivity contribution in [1.29, 1.82) is 0 Å². The van der Waals surface area contributed by atoms with Crippen LogP contribution < -0.4 is 0 Å². The van der Waals surface area contributed by atoms with Crippen LogP contribution in [0.3, 0.4) is 0 Å². The van der Waals surface area contributed by atoms with Crippen molar-refractivity contribution in [3.63, 3.8) is 0 Å². The summed E-state index contributed by atoms with van der Waals surface area (Å²) < 4.78 is 120. The Morgan fingerprint density at radius 3 is 0.781 bits per heavy atom. The van der Waals surface area contributed by atoms with Gasteiger partial charge in [-0.05, 0) is 20.8 Å². The molecule has 0 aliphatic rings. The smallest absolute Gasteiger partial charge is 0.278 e. The summed E-state index contributed by atoms with van der Waals surface area (Å²) >= 11 is 0. The van der Waals surface area contributed by atoms with Crippen molar-refractivity contribution in [1.82, 2.24) is 0 Å². The van der Waals surface area contributed by atoms with Crippen molar-refractivity contribution in [3.05, 3.63) is 105 Å². The van der Waals surface area contributed by atoms with Crippen molar-refractivity contribution in [2.75, 3.05) is 0 Å². The van der Waals surface area contributed by atoms with Crippen LogP contribution in [0.15, 0.2) is 18.2 Å². The first-order valence-corrected chi connectivity index (χ1v) is 8.12. The van der Waals surface area contributed by atoms with Gasteiger partial charge < -0.3 is 0 Å². The van der Waals surface area contributed by atoms with Gasteiger partial charge in [-0.15, -0.1) is 12.1 Å². The SMILES string of the molecule is Cc1cc(C)cc(C)c1.Fc1[c-]c(F)c(F)c(F)c1F.Fc1[c-]c(F)c(F)c(F)c1F.[Ni+2]. The Labute approximate surface area is 186 Å². The third-order valence-electron chi connectivity index (χ3n) is 3.35. The van der Waals surface area contributed by atoms with Crippen LogP contribution in [0, 0.1) is 91.1 Å². The predicted octanol–water partition coefficient (Wildman–Crippen LogP) is 6.97. The van der Waals surface area contributed by atoms with Crippen molar-refractivity contribution in [2.45, 2.75) is 20.8 Å². The number of benzene rings is 3. The van der Waals surface area contributed by atoms with Crippen molar-refractivity contribution in [3.8, 4) is 0 Å². The Hall–Kier alpha value is -2.55. The Bertz CT molecular complexity index is 919. The maximum Gasteiger partial charge on any atom is 2.00 e. The van der Waals surface area contributed by atoms with E-state index in [1.54, 1.807) is 0 Å². The molecular formula is C21H12F10Ni. The van der Waals surface area contributed by atoms with E-state index in [1.165, 1.54) is 16.7 Å². The number of hydrogen-bond donors (Lipinski definition) is 0. The summed E-state index contributed by atoms with van der Waals surface area (Å²) in [6.45, 7) is 6.38. The number of aryl methyl sites for hydroxylation is 3. The minimum atomic E-state index is -2.17. The molecule has 0 N–H and O–H groups in total. The first kappa shape index (κ1) is 29.5. The van der Waals surface area contributed by atoms with Gasteiger partial charge in [0.1, 0.15) is 0 Å². The fourth-order valence-corrected chi connectivity index (χ4v) is 2.19. The van der Waals surface area contributed by atoms with Crippen molar-refractivity contribution in [2.24, 2.45) is 0 Å². The summed E-state index contributed by atoms with van der Waals surface area (Å²) in [5, 5.41) is 0. The first-order chi connectivity index (χ1) is 14.3. The average molecular weight is 513 g/mol. The van der Waals surface area contributed by atoms with E-state index in [-0.39, 0.29) is 16.5 Å². The van der Waals surface area contributed by atoms with Gasteiger partial charge in [-0.25, -0.2) is 26.3 Å². The molecule has 0 bridgehead atoms. The van der Waals surface area contributed by atoms with E-state index in [0.29, 0.717) is 0 Å². The minimum Gasteiger partial charge on any atom is -0.278 e. The third-order valence-corrected chi connectivity index (χ3v) is 3.35. The Morgan fingerprint density at radius 2 is 0.594 bits per heavy atom. The molecule has 0 saturated carbocycles. The standard InChI is InChI=1S/C9H12.2C6F5.Ni/c1-7-4-8(2)6-9(3)5-7;2*7-2-1-3(8)5(10)6(11)4(2)9;/h4-6H,1-3H3;;;/q;2*-1;+2. The normalized spacial score (nSPS) is 9.78. The minimum absolute atomic E-state index is 0. The van der Waals surface area contributed by atoms with E-state index < -0.39 is 58.2 Å². The second-order valence-corrected chi connectivity index (χ2v) is 6.05. The van der Waals surface area contributed by atoms with Crippen LogP contribution in [0.2, 0.25) is 0 Å². The van der Waals surface area contributed by atoms with Gasteiger partial charge in [-0.3, -0.25) is 17.6 Å². The summed E-state index contributed by atoms with van der Waals surface area (Å²) in [7, 11) is 0. The van der Waals surface area contributed by atoms with Crippen LogP contribution in [-0.2, 0) is 16.5 Å². The van der Waals surface area contributed by atoms with Gasteiger partial charge in [0.25, 0.3) is 0 Å². The molecule has 0 spiro atoms. The average Bonchev–Trinajstić information content (AvgIpc) is 2.67. The van der Waals surface area contributed by atoms with Crippen molar-refractivity contribution < 1.29 is 60.4 Å². The van der Waals surface area contributed by atoms with E-state index in [9.17, 15) is 43.9 Å². The molecule has 32 heavy (non-hydrogen) atoms. The molecule has 0 heterocycles. The van der Waals surface area contributed by atoms with E-state index in [1.807, 2.05) is 0 Å². The van der Waals surface area contributed by atoms with Crippen LogP contribution in [0.25, 0.3) is 0 Å². The summed E-state index contributed by atoms with van der Waals surface area (Å²) in [5.41, 5.74) is 4.06. The fraction of sp³-hybridized carbons (Fsp3) is 0.143. The van der Waals surface area contributed by atoms with Gasteiger partial charge in [0.2, 0.25) is 0 Å². The van der Waals surface area contributed by atoms with Gasteiger partial charge in [-0.1, -0.05) is 34.9 Å². The van der Waals surface area contributed by atoms with E-state index in [2.05, 4.69) is 39.0 Å². The van der Waals surface area contributed by atoms with E-state index in [0.717, 1.165) is 12.1 Å². The molecule has 11 heteroatoms. The van der Waals surface area contributed by atoms with Gasteiger partial charge in [-0.2, -0.15) is 0 Å². The molecule has 0 amide bonds. The second-order valence-electron chi connectivity index (χ2n) is 6.05. The molecule has 0 fully saturated rings.